The molecule has 9 heteroatoms. The zero-order chi connectivity index (χ0) is 24.4. The Balaban J connectivity index is 1.34. The van der Waals surface area contributed by atoms with Gasteiger partial charge in [0.05, 0.1) is 36.3 Å². The third-order valence-electron chi connectivity index (χ3n) is 6.22. The van der Waals surface area contributed by atoms with Crippen molar-refractivity contribution in [3.05, 3.63) is 66.6 Å². The monoisotopic (exact) mass is 476 g/mol. The Labute approximate surface area is 203 Å². The highest BCUT2D eigenvalue weighted by Crippen LogP contribution is 2.31. The number of nitrogens with one attached hydrogen (secondary N) is 1. The number of hydrogen-bond acceptors (Lipinski definition) is 7. The van der Waals surface area contributed by atoms with Crippen molar-refractivity contribution in [2.45, 2.75) is 13.0 Å². The van der Waals surface area contributed by atoms with Crippen molar-refractivity contribution in [2.24, 2.45) is 0 Å². The molecule has 0 bridgehead atoms. The largest absolute Gasteiger partial charge is 0.496 e. The first-order valence-electron chi connectivity index (χ1n) is 11.7. The minimum Gasteiger partial charge on any atom is -0.496 e. The Morgan fingerprint density at radius 2 is 1.89 bits per heavy atom. The van der Waals surface area contributed by atoms with Crippen LogP contribution in [0.5, 0.6) is 5.75 Å². The molecule has 1 aliphatic heterocycles. The Morgan fingerprint density at radius 1 is 1.09 bits per heavy atom. The van der Waals surface area contributed by atoms with Crippen molar-refractivity contribution in [1.82, 2.24) is 19.5 Å². The highest BCUT2D eigenvalue weighted by Gasteiger charge is 2.20. The summed E-state index contributed by atoms with van der Waals surface area (Å²) >= 11 is 0. The maximum absolute atomic E-state index is 15.0. The molecule has 182 valence electrons. The summed E-state index contributed by atoms with van der Waals surface area (Å²) in [5, 5.41) is 17.3. The summed E-state index contributed by atoms with van der Waals surface area (Å²) in [5.74, 6) is 0.824. The van der Waals surface area contributed by atoms with Gasteiger partial charge in [0.25, 0.3) is 0 Å². The van der Waals surface area contributed by atoms with E-state index in [0.717, 1.165) is 48.7 Å². The number of para-hydroxylation sites is 1. The molecule has 5 rings (SSSR count). The lowest BCUT2D eigenvalue weighted by Gasteiger charge is -2.36. The zero-order valence-electron chi connectivity index (χ0n) is 19.9. The van der Waals surface area contributed by atoms with Crippen LogP contribution in [-0.4, -0.2) is 70.5 Å². The fraction of sp³-hybridized carbons (Fsp3) is 0.308. The first-order valence-corrected chi connectivity index (χ1v) is 11.7. The van der Waals surface area contributed by atoms with Gasteiger partial charge in [-0.05, 0) is 49.4 Å². The lowest BCUT2D eigenvalue weighted by Crippen LogP contribution is -2.48. The highest BCUT2D eigenvalue weighted by molar-refractivity contribution is 5.72. The van der Waals surface area contributed by atoms with E-state index < -0.39 is 0 Å². The molecule has 2 aromatic carbocycles. The van der Waals surface area contributed by atoms with Gasteiger partial charge in [-0.1, -0.05) is 12.1 Å². The van der Waals surface area contributed by atoms with E-state index in [1.807, 2.05) is 47.4 Å². The SMILES string of the molecule is COc1ccccc1-c1ccc2cnc(Nc3ccc(N4CCN(CC(C)O)CC4)c(F)c3)nn12. The maximum atomic E-state index is 15.0. The van der Waals surface area contributed by atoms with Crippen molar-refractivity contribution in [3.8, 4) is 17.0 Å². The van der Waals surface area contributed by atoms with Crippen LogP contribution in [0.25, 0.3) is 16.8 Å². The predicted molar refractivity (Wildman–Crippen MR) is 135 cm³/mol. The number of aliphatic hydroxyl groups excluding tert-OH is 1. The quantitative estimate of drug-likeness (QED) is 0.420. The van der Waals surface area contributed by atoms with Crippen LogP contribution in [-0.2, 0) is 0 Å². The molecule has 2 aromatic heterocycles. The lowest BCUT2D eigenvalue weighted by atomic mass is 10.1. The van der Waals surface area contributed by atoms with Gasteiger partial charge in [-0.15, -0.1) is 5.10 Å². The number of nitrogens with zero attached hydrogens (tertiary/aromatic N) is 5. The Hall–Kier alpha value is -3.69. The fourth-order valence-corrected chi connectivity index (χ4v) is 4.53. The molecular formula is C26H29FN6O2. The summed E-state index contributed by atoms with van der Waals surface area (Å²) in [6.07, 6.45) is 1.37. The van der Waals surface area contributed by atoms with E-state index >= 15 is 4.39 Å². The van der Waals surface area contributed by atoms with Gasteiger partial charge in [-0.2, -0.15) is 0 Å². The first kappa shape index (κ1) is 23.1. The number of aliphatic hydroxyl groups is 1. The predicted octanol–water partition coefficient (Wildman–Crippen LogP) is 3.79. The Morgan fingerprint density at radius 3 is 2.63 bits per heavy atom. The van der Waals surface area contributed by atoms with Crippen molar-refractivity contribution < 1.29 is 14.2 Å². The number of halogens is 1. The van der Waals surface area contributed by atoms with Gasteiger partial charge < -0.3 is 20.1 Å². The average molecular weight is 477 g/mol. The van der Waals surface area contributed by atoms with Crippen LogP contribution >= 0.6 is 0 Å². The molecule has 1 saturated heterocycles. The summed E-state index contributed by atoms with van der Waals surface area (Å²) in [5.41, 5.74) is 3.78. The summed E-state index contributed by atoms with van der Waals surface area (Å²) in [4.78, 5) is 8.63. The topological polar surface area (TPSA) is 78.2 Å². The summed E-state index contributed by atoms with van der Waals surface area (Å²) in [6, 6.07) is 16.8. The second kappa shape index (κ2) is 9.89. The van der Waals surface area contributed by atoms with Gasteiger partial charge in [-0.25, -0.2) is 13.9 Å². The van der Waals surface area contributed by atoms with E-state index in [0.29, 0.717) is 23.9 Å². The summed E-state index contributed by atoms with van der Waals surface area (Å²) in [7, 11) is 1.64. The van der Waals surface area contributed by atoms with E-state index in [-0.39, 0.29) is 11.9 Å². The smallest absolute Gasteiger partial charge is 0.245 e. The molecule has 3 heterocycles. The number of piperazine rings is 1. The molecule has 2 N–H and O–H groups in total. The number of methoxy groups -OCH3 is 1. The molecule has 1 fully saturated rings. The molecule has 1 aliphatic rings. The number of benzene rings is 2. The first-order chi connectivity index (χ1) is 17.0. The number of aromatic nitrogens is 3. The van der Waals surface area contributed by atoms with E-state index in [1.165, 1.54) is 6.07 Å². The highest BCUT2D eigenvalue weighted by atomic mass is 19.1. The molecule has 0 saturated carbocycles. The van der Waals surface area contributed by atoms with Gasteiger partial charge in [0.15, 0.2) is 0 Å². The van der Waals surface area contributed by atoms with Crippen molar-refractivity contribution in [3.63, 3.8) is 0 Å². The Kier molecular flexibility index (Phi) is 6.52. The van der Waals surface area contributed by atoms with Crippen LogP contribution in [0.15, 0.2) is 60.8 Å². The van der Waals surface area contributed by atoms with Crippen molar-refractivity contribution in [2.75, 3.05) is 50.1 Å². The third kappa shape index (κ3) is 4.91. The molecule has 0 aliphatic carbocycles. The second-order valence-electron chi connectivity index (χ2n) is 8.77. The average Bonchev–Trinajstić information content (AvgIpc) is 3.27. The van der Waals surface area contributed by atoms with Gasteiger partial charge in [0, 0.05) is 44.0 Å². The van der Waals surface area contributed by atoms with E-state index in [2.05, 4.69) is 20.3 Å². The number of hydrogen-bond donors (Lipinski definition) is 2. The molecular weight excluding hydrogens is 447 g/mol. The summed E-state index contributed by atoms with van der Waals surface area (Å²) in [6.45, 7) is 5.46. The Bertz CT molecular complexity index is 1320. The van der Waals surface area contributed by atoms with E-state index in [9.17, 15) is 5.11 Å². The van der Waals surface area contributed by atoms with Crippen LogP contribution in [0.3, 0.4) is 0 Å². The van der Waals surface area contributed by atoms with Crippen molar-refractivity contribution in [1.29, 1.82) is 0 Å². The van der Waals surface area contributed by atoms with Crippen LogP contribution in [0.4, 0.5) is 21.7 Å². The van der Waals surface area contributed by atoms with Crippen LogP contribution in [0, 0.1) is 5.82 Å². The molecule has 1 unspecified atom stereocenters. The van der Waals surface area contributed by atoms with Crippen LogP contribution < -0.4 is 15.0 Å². The number of β-amino-alcohol motifs (C(OH)–C–C–N with tert-alkyl or cyclic N) is 1. The molecule has 1 atom stereocenters. The molecule has 8 nitrogen and oxygen atoms in total. The molecule has 0 amide bonds. The van der Waals surface area contributed by atoms with E-state index in [1.54, 1.807) is 30.8 Å². The van der Waals surface area contributed by atoms with Gasteiger partial charge >= 0.3 is 0 Å². The molecule has 0 radical (unpaired) electrons. The normalized spacial score (nSPS) is 15.4. The minimum absolute atomic E-state index is 0.296. The van der Waals surface area contributed by atoms with Crippen LogP contribution in [0.2, 0.25) is 0 Å². The molecule has 4 aromatic rings. The number of anilines is 3. The van der Waals surface area contributed by atoms with Gasteiger partial charge in [-0.3, -0.25) is 4.90 Å². The van der Waals surface area contributed by atoms with Crippen molar-refractivity contribution >= 4 is 22.8 Å². The fourth-order valence-electron chi connectivity index (χ4n) is 4.53. The second-order valence-corrected chi connectivity index (χ2v) is 8.77. The standard InChI is InChI=1S/C26H29FN6O2/c1-18(34)17-31-11-13-32(14-12-31)24-9-7-19(15-22(24)27)29-26-28-16-20-8-10-23(33(20)30-26)21-5-3-4-6-25(21)35-2/h3-10,15-16,18,34H,11-14,17H2,1-2H3,(H,29,30). The maximum Gasteiger partial charge on any atom is 0.245 e. The molecule has 35 heavy (non-hydrogen) atoms. The zero-order valence-corrected chi connectivity index (χ0v) is 19.9. The number of rotatable bonds is 7. The number of fused-ring (bicyclic) bond motifs is 1. The third-order valence-corrected chi connectivity index (χ3v) is 6.22. The summed E-state index contributed by atoms with van der Waals surface area (Å²) < 4.78 is 22.3. The van der Waals surface area contributed by atoms with Gasteiger partial charge in [0.1, 0.15) is 11.6 Å². The minimum atomic E-state index is -0.359. The van der Waals surface area contributed by atoms with Crippen LogP contribution in [0.1, 0.15) is 6.92 Å². The van der Waals surface area contributed by atoms with Gasteiger partial charge in [0.2, 0.25) is 5.95 Å². The lowest BCUT2D eigenvalue weighted by molar-refractivity contribution is 0.122. The van der Waals surface area contributed by atoms with E-state index in [4.69, 9.17) is 4.74 Å². The molecule has 0 spiro atoms. The number of ether oxygens (including phenoxy) is 1.